The molecule has 2 aromatic rings. The number of nitrogens with two attached hydrogens (primary N) is 1. The number of pyridine rings is 1. The summed E-state index contributed by atoms with van der Waals surface area (Å²) in [7, 11) is 1.63. The van der Waals surface area contributed by atoms with Crippen LogP contribution in [0.1, 0.15) is 6.42 Å². The second kappa shape index (κ2) is 5.35. The smallest absolute Gasteiger partial charge is 0.221 e. The summed E-state index contributed by atoms with van der Waals surface area (Å²) in [5.74, 6) is 0.0142. The van der Waals surface area contributed by atoms with Crippen LogP contribution in [-0.4, -0.2) is 24.5 Å². The minimum absolute atomic E-state index is 0.0142. The van der Waals surface area contributed by atoms with Crippen molar-refractivity contribution in [1.29, 1.82) is 0 Å². The highest BCUT2D eigenvalue weighted by atomic mass is 16.1. The largest absolute Gasteiger partial charge is 0.397 e. The van der Waals surface area contributed by atoms with Crippen molar-refractivity contribution in [2.75, 3.05) is 24.6 Å². The van der Waals surface area contributed by atoms with E-state index >= 15 is 0 Å². The number of carbonyl (C=O) groups is 1. The molecule has 1 aromatic carbocycles. The molecule has 0 saturated carbocycles. The van der Waals surface area contributed by atoms with Gasteiger partial charge in [0.1, 0.15) is 0 Å². The molecule has 5 heteroatoms. The maximum atomic E-state index is 11.1. The molecular weight excluding hydrogens is 228 g/mol. The molecule has 0 aliphatic carbocycles. The minimum atomic E-state index is 0.0142. The van der Waals surface area contributed by atoms with Crippen molar-refractivity contribution in [3.8, 4) is 0 Å². The first kappa shape index (κ1) is 12.2. The standard InChI is InChI=1S/C13H16N4O/c1-15-12(18)6-8-16-11-5-7-17-13-9(11)3-2-4-10(13)14/h2-5,7H,6,8,14H2,1H3,(H,15,18)(H,16,17). The van der Waals surface area contributed by atoms with Crippen LogP contribution in [0.25, 0.3) is 10.9 Å². The van der Waals surface area contributed by atoms with Crippen molar-refractivity contribution in [1.82, 2.24) is 10.3 Å². The lowest BCUT2D eigenvalue weighted by molar-refractivity contribution is -0.120. The van der Waals surface area contributed by atoms with Crippen molar-refractivity contribution >= 4 is 28.2 Å². The van der Waals surface area contributed by atoms with E-state index in [4.69, 9.17) is 5.73 Å². The van der Waals surface area contributed by atoms with E-state index in [0.717, 1.165) is 16.6 Å². The molecule has 0 unspecified atom stereocenters. The molecule has 0 bridgehead atoms. The van der Waals surface area contributed by atoms with E-state index in [0.29, 0.717) is 18.7 Å². The van der Waals surface area contributed by atoms with Gasteiger partial charge in [-0.15, -0.1) is 0 Å². The molecule has 0 aliphatic rings. The molecule has 1 aromatic heterocycles. The van der Waals surface area contributed by atoms with Crippen LogP contribution in [-0.2, 0) is 4.79 Å². The molecule has 0 radical (unpaired) electrons. The van der Waals surface area contributed by atoms with Gasteiger partial charge in [0.2, 0.25) is 5.91 Å². The number of carbonyl (C=O) groups excluding carboxylic acids is 1. The molecule has 0 saturated heterocycles. The molecule has 0 fully saturated rings. The molecule has 0 atom stereocenters. The van der Waals surface area contributed by atoms with E-state index in [1.54, 1.807) is 13.2 Å². The number of nitrogens with zero attached hydrogens (tertiary/aromatic N) is 1. The zero-order valence-corrected chi connectivity index (χ0v) is 10.2. The van der Waals surface area contributed by atoms with Crippen LogP contribution in [0.5, 0.6) is 0 Å². The summed E-state index contributed by atoms with van der Waals surface area (Å²) >= 11 is 0. The number of fused-ring (bicyclic) bond motifs is 1. The molecule has 1 heterocycles. The van der Waals surface area contributed by atoms with Crippen LogP contribution in [0.15, 0.2) is 30.5 Å². The fourth-order valence-electron chi connectivity index (χ4n) is 1.79. The average Bonchev–Trinajstić information content (AvgIpc) is 2.39. The van der Waals surface area contributed by atoms with E-state index in [9.17, 15) is 4.79 Å². The number of benzene rings is 1. The normalized spacial score (nSPS) is 10.3. The molecule has 1 amide bonds. The zero-order chi connectivity index (χ0) is 13.0. The third kappa shape index (κ3) is 2.51. The Balaban J connectivity index is 2.18. The number of nitrogens with one attached hydrogen (secondary N) is 2. The van der Waals surface area contributed by atoms with Gasteiger partial charge < -0.3 is 16.4 Å². The molecule has 0 aliphatic heterocycles. The third-order valence-corrected chi connectivity index (χ3v) is 2.75. The second-order valence-electron chi connectivity index (χ2n) is 3.95. The molecule has 4 N–H and O–H groups in total. The third-order valence-electron chi connectivity index (χ3n) is 2.75. The molecule has 94 valence electrons. The lowest BCUT2D eigenvalue weighted by Crippen LogP contribution is -2.20. The highest BCUT2D eigenvalue weighted by Crippen LogP contribution is 2.25. The van der Waals surface area contributed by atoms with Crippen LogP contribution < -0.4 is 16.4 Å². The highest BCUT2D eigenvalue weighted by molar-refractivity contribution is 5.97. The van der Waals surface area contributed by atoms with Gasteiger partial charge in [0.15, 0.2) is 0 Å². The maximum Gasteiger partial charge on any atom is 0.221 e. The predicted molar refractivity (Wildman–Crippen MR) is 73.3 cm³/mol. The fourth-order valence-corrected chi connectivity index (χ4v) is 1.79. The van der Waals surface area contributed by atoms with Crippen LogP contribution in [0, 0.1) is 0 Å². The maximum absolute atomic E-state index is 11.1. The fraction of sp³-hybridized carbons (Fsp3) is 0.231. The Kier molecular flexibility index (Phi) is 3.62. The van der Waals surface area contributed by atoms with E-state index < -0.39 is 0 Å². The minimum Gasteiger partial charge on any atom is -0.397 e. The quantitative estimate of drug-likeness (QED) is 0.709. The summed E-state index contributed by atoms with van der Waals surface area (Å²) in [6, 6.07) is 7.56. The van der Waals surface area contributed by atoms with Crippen molar-refractivity contribution in [2.24, 2.45) is 0 Å². The first-order chi connectivity index (χ1) is 8.72. The van der Waals surface area contributed by atoms with Gasteiger partial charge in [-0.2, -0.15) is 0 Å². The van der Waals surface area contributed by atoms with Crippen molar-refractivity contribution in [2.45, 2.75) is 6.42 Å². The SMILES string of the molecule is CNC(=O)CCNc1ccnc2c(N)cccc12. The topological polar surface area (TPSA) is 80.0 Å². The number of para-hydroxylation sites is 1. The Labute approximate surface area is 105 Å². The van der Waals surface area contributed by atoms with Gasteiger partial charge in [-0.05, 0) is 12.1 Å². The predicted octanol–water partition coefficient (Wildman–Crippen LogP) is 1.36. The Bertz CT molecular complexity index is 568. The number of hydrogen-bond acceptors (Lipinski definition) is 4. The number of rotatable bonds is 4. The highest BCUT2D eigenvalue weighted by Gasteiger charge is 2.04. The van der Waals surface area contributed by atoms with Crippen molar-refractivity contribution in [3.05, 3.63) is 30.5 Å². The van der Waals surface area contributed by atoms with E-state index in [-0.39, 0.29) is 5.91 Å². The lowest BCUT2D eigenvalue weighted by Gasteiger charge is -2.09. The first-order valence-corrected chi connectivity index (χ1v) is 5.80. The molecule has 5 nitrogen and oxygen atoms in total. The van der Waals surface area contributed by atoms with Crippen LogP contribution in [0.2, 0.25) is 0 Å². The molecule has 2 rings (SSSR count). The summed E-state index contributed by atoms with van der Waals surface area (Å²) in [6.45, 7) is 0.577. The first-order valence-electron chi connectivity index (χ1n) is 5.80. The Hall–Kier alpha value is -2.30. The van der Waals surface area contributed by atoms with Gasteiger partial charge in [0, 0.05) is 37.3 Å². The number of amides is 1. The Morgan fingerprint density at radius 3 is 3.00 bits per heavy atom. The van der Waals surface area contributed by atoms with Crippen molar-refractivity contribution < 1.29 is 4.79 Å². The van der Waals surface area contributed by atoms with Gasteiger partial charge >= 0.3 is 0 Å². The van der Waals surface area contributed by atoms with Gasteiger partial charge in [-0.3, -0.25) is 9.78 Å². The second-order valence-corrected chi connectivity index (χ2v) is 3.95. The van der Waals surface area contributed by atoms with E-state index in [1.165, 1.54) is 0 Å². The Morgan fingerprint density at radius 1 is 1.39 bits per heavy atom. The number of aromatic nitrogens is 1. The number of nitrogen functional groups attached to an aromatic ring is 1. The van der Waals surface area contributed by atoms with Gasteiger partial charge in [0.05, 0.1) is 11.2 Å². The number of anilines is 2. The van der Waals surface area contributed by atoms with Gasteiger partial charge in [0.25, 0.3) is 0 Å². The van der Waals surface area contributed by atoms with Crippen LogP contribution >= 0.6 is 0 Å². The molecule has 18 heavy (non-hydrogen) atoms. The van der Waals surface area contributed by atoms with Crippen LogP contribution in [0.4, 0.5) is 11.4 Å². The monoisotopic (exact) mass is 244 g/mol. The van der Waals surface area contributed by atoms with Gasteiger partial charge in [-0.25, -0.2) is 0 Å². The van der Waals surface area contributed by atoms with Crippen molar-refractivity contribution in [3.63, 3.8) is 0 Å². The van der Waals surface area contributed by atoms with Gasteiger partial charge in [-0.1, -0.05) is 12.1 Å². The summed E-state index contributed by atoms with van der Waals surface area (Å²) < 4.78 is 0. The average molecular weight is 244 g/mol. The Morgan fingerprint density at radius 2 is 2.22 bits per heavy atom. The number of hydrogen-bond donors (Lipinski definition) is 3. The molecular formula is C13H16N4O. The van der Waals surface area contributed by atoms with E-state index in [1.807, 2.05) is 24.3 Å². The van der Waals surface area contributed by atoms with Crippen LogP contribution in [0.3, 0.4) is 0 Å². The summed E-state index contributed by atoms with van der Waals surface area (Å²) in [5, 5.41) is 6.78. The summed E-state index contributed by atoms with van der Waals surface area (Å²) in [4.78, 5) is 15.4. The molecule has 0 spiro atoms. The van der Waals surface area contributed by atoms with E-state index in [2.05, 4.69) is 15.6 Å². The summed E-state index contributed by atoms with van der Waals surface area (Å²) in [6.07, 6.45) is 2.14. The lowest BCUT2D eigenvalue weighted by atomic mass is 10.1. The zero-order valence-electron chi connectivity index (χ0n) is 10.2. The summed E-state index contributed by atoms with van der Waals surface area (Å²) in [5.41, 5.74) is 8.25.